The Morgan fingerprint density at radius 2 is 2.25 bits per heavy atom. The molecule has 1 aromatic rings. The molecule has 12 heavy (non-hydrogen) atoms. The van der Waals surface area contributed by atoms with Crippen molar-refractivity contribution in [3.63, 3.8) is 0 Å². The van der Waals surface area contributed by atoms with Gasteiger partial charge >= 0.3 is 0 Å². The molecule has 0 saturated heterocycles. The first-order valence-electron chi connectivity index (χ1n) is 3.45. The van der Waals surface area contributed by atoms with Gasteiger partial charge in [-0.2, -0.15) is 0 Å². The highest BCUT2D eigenvalue weighted by Gasteiger charge is 2.34. The smallest absolute Gasteiger partial charge is 0.201 e. The molecule has 2 nitrogen and oxygen atoms in total. The highest BCUT2D eigenvalue weighted by molar-refractivity contribution is 9.12. The first-order valence-corrected chi connectivity index (χ1v) is 5.06. The second-order valence-corrected chi connectivity index (χ2v) is 5.55. The number of nitrogens with one attached hydrogen (secondary N) is 1. The van der Waals surface area contributed by atoms with E-state index in [4.69, 9.17) is 0 Å². The fourth-order valence-corrected chi connectivity index (χ4v) is 2.72. The van der Waals surface area contributed by atoms with E-state index in [0.29, 0.717) is 0 Å². The van der Waals surface area contributed by atoms with Gasteiger partial charge in [0.05, 0.1) is 0 Å². The van der Waals surface area contributed by atoms with Gasteiger partial charge in [0.25, 0.3) is 0 Å². The van der Waals surface area contributed by atoms with Crippen LogP contribution in [0.15, 0.2) is 29.2 Å². The van der Waals surface area contributed by atoms with Crippen molar-refractivity contribution in [2.24, 2.45) is 0 Å². The van der Waals surface area contributed by atoms with Crippen LogP contribution in [0.5, 0.6) is 0 Å². The van der Waals surface area contributed by atoms with E-state index < -0.39 is 3.78 Å². The molecule has 4 heteroatoms. The van der Waals surface area contributed by atoms with Gasteiger partial charge in [0, 0.05) is 10.6 Å². The Bertz CT molecular complexity index is 304. The summed E-state index contributed by atoms with van der Waals surface area (Å²) in [5, 5.41) is 3.07. The van der Waals surface area contributed by atoms with Crippen molar-refractivity contribution in [1.82, 2.24) is 0 Å². The number of carbonyl (C=O) groups is 1. The maximum atomic E-state index is 10.7. The number of thioether (sulfide) groups is 1. The molecular weight excluding hydrogens is 238 g/mol. The number of alkyl halides is 1. The van der Waals surface area contributed by atoms with Crippen LogP contribution in [-0.4, -0.2) is 10.1 Å². The number of hydrogen-bond acceptors (Lipinski definition) is 3. The lowest BCUT2D eigenvalue weighted by atomic mass is 10.3. The molecule has 1 aromatic carbocycles. The third-order valence-corrected chi connectivity index (χ3v) is 3.54. The van der Waals surface area contributed by atoms with Crippen LogP contribution in [0.2, 0.25) is 0 Å². The summed E-state index contributed by atoms with van der Waals surface area (Å²) in [6, 6.07) is 7.83. The van der Waals surface area contributed by atoms with E-state index in [9.17, 15) is 4.79 Å². The van der Waals surface area contributed by atoms with Gasteiger partial charge in [-0.25, -0.2) is 0 Å². The Labute approximate surface area is 82.9 Å². The summed E-state index contributed by atoms with van der Waals surface area (Å²) in [4.78, 5) is 11.8. The van der Waals surface area contributed by atoms with Crippen LogP contribution in [0, 0.1) is 0 Å². The second kappa shape index (κ2) is 2.78. The van der Waals surface area contributed by atoms with Crippen molar-refractivity contribution < 1.29 is 4.79 Å². The Kier molecular flexibility index (Phi) is 1.88. The van der Waals surface area contributed by atoms with Crippen LogP contribution in [0.4, 0.5) is 5.69 Å². The van der Waals surface area contributed by atoms with Crippen LogP contribution in [0.1, 0.15) is 0 Å². The van der Waals surface area contributed by atoms with Crippen molar-refractivity contribution in [3.05, 3.63) is 24.3 Å². The van der Waals surface area contributed by atoms with Crippen molar-refractivity contribution in [3.8, 4) is 0 Å². The summed E-state index contributed by atoms with van der Waals surface area (Å²) in [7, 11) is 0. The molecule has 0 bridgehead atoms. The van der Waals surface area contributed by atoms with E-state index in [1.54, 1.807) is 0 Å². The number of halogens is 1. The van der Waals surface area contributed by atoms with Crippen LogP contribution in [-0.2, 0) is 4.79 Å². The number of fused-ring (bicyclic) bond motifs is 1. The standard InChI is InChI=1S/C8H6BrNOS/c9-8(5-11)10-6-3-1-2-4-7(6)12-8/h1-5,10H. The van der Waals surface area contributed by atoms with Gasteiger partial charge in [-0.15, -0.1) is 0 Å². The highest BCUT2D eigenvalue weighted by atomic mass is 79.9. The quantitative estimate of drug-likeness (QED) is 0.467. The molecule has 1 atom stereocenters. The van der Waals surface area contributed by atoms with Gasteiger partial charge in [-0.3, -0.25) is 4.79 Å². The van der Waals surface area contributed by atoms with E-state index in [1.807, 2.05) is 24.3 Å². The van der Waals surface area contributed by atoms with Crippen LogP contribution in [0.3, 0.4) is 0 Å². The summed E-state index contributed by atoms with van der Waals surface area (Å²) in [6.07, 6.45) is 0.859. The van der Waals surface area contributed by atoms with Gasteiger partial charge in [-0.05, 0) is 28.1 Å². The molecular formula is C8H6BrNOS. The number of para-hydroxylation sites is 1. The minimum Gasteiger partial charge on any atom is -0.355 e. The lowest BCUT2D eigenvalue weighted by molar-refractivity contribution is -0.107. The summed E-state index contributed by atoms with van der Waals surface area (Å²) in [6.45, 7) is 0. The zero-order valence-corrected chi connectivity index (χ0v) is 8.48. The SMILES string of the molecule is O=CC1(Br)Nc2ccccc2S1. The number of hydrogen-bond donors (Lipinski definition) is 1. The van der Waals surface area contributed by atoms with E-state index in [1.165, 1.54) is 11.8 Å². The van der Waals surface area contributed by atoms with Crippen LogP contribution in [0.25, 0.3) is 0 Å². The van der Waals surface area contributed by atoms with Gasteiger partial charge in [0.15, 0.2) is 6.29 Å². The van der Waals surface area contributed by atoms with Gasteiger partial charge in [-0.1, -0.05) is 23.9 Å². The number of benzene rings is 1. The maximum absolute atomic E-state index is 10.7. The average molecular weight is 244 g/mol. The average Bonchev–Trinajstić information content (AvgIpc) is 2.42. The molecule has 1 aliphatic rings. The fourth-order valence-electron chi connectivity index (χ4n) is 1.08. The maximum Gasteiger partial charge on any atom is 0.201 e. The third-order valence-electron chi connectivity index (χ3n) is 1.60. The molecule has 2 rings (SSSR count). The zero-order valence-electron chi connectivity index (χ0n) is 6.08. The molecule has 1 unspecified atom stereocenters. The molecule has 0 saturated carbocycles. The second-order valence-electron chi connectivity index (χ2n) is 2.49. The molecule has 1 N–H and O–H groups in total. The number of carbonyl (C=O) groups excluding carboxylic acids is 1. The van der Waals surface area contributed by atoms with Gasteiger partial charge in [0.2, 0.25) is 3.78 Å². The summed E-state index contributed by atoms with van der Waals surface area (Å²) in [5.74, 6) is 0. The molecule has 1 aliphatic heterocycles. The lowest BCUT2D eigenvalue weighted by Crippen LogP contribution is -2.23. The third kappa shape index (κ3) is 1.25. The largest absolute Gasteiger partial charge is 0.355 e. The fraction of sp³-hybridized carbons (Fsp3) is 0.125. The molecule has 0 spiro atoms. The minimum absolute atomic E-state index is 0.656. The Morgan fingerprint density at radius 3 is 2.92 bits per heavy atom. The molecule has 0 aliphatic carbocycles. The van der Waals surface area contributed by atoms with Gasteiger partial charge < -0.3 is 5.32 Å². The van der Waals surface area contributed by atoms with E-state index in [2.05, 4.69) is 21.2 Å². The van der Waals surface area contributed by atoms with E-state index in [-0.39, 0.29) is 0 Å². The highest BCUT2D eigenvalue weighted by Crippen LogP contribution is 2.47. The topological polar surface area (TPSA) is 29.1 Å². The predicted molar refractivity (Wildman–Crippen MR) is 53.6 cm³/mol. The molecule has 0 radical (unpaired) electrons. The van der Waals surface area contributed by atoms with Crippen molar-refractivity contribution in [1.29, 1.82) is 0 Å². The predicted octanol–water partition coefficient (Wildman–Crippen LogP) is 2.45. The number of anilines is 1. The molecule has 1 heterocycles. The Hall–Kier alpha value is -0.480. The van der Waals surface area contributed by atoms with Crippen molar-refractivity contribution in [2.45, 2.75) is 8.68 Å². The zero-order chi connectivity index (χ0) is 8.60. The first kappa shape index (κ1) is 8.13. The summed E-state index contributed by atoms with van der Waals surface area (Å²) >= 11 is 4.79. The van der Waals surface area contributed by atoms with Crippen LogP contribution >= 0.6 is 27.7 Å². The monoisotopic (exact) mass is 243 g/mol. The molecule has 0 aromatic heterocycles. The van der Waals surface area contributed by atoms with Gasteiger partial charge in [0.1, 0.15) is 0 Å². The summed E-state index contributed by atoms with van der Waals surface area (Å²) < 4.78 is -0.656. The first-order chi connectivity index (χ1) is 5.73. The molecule has 62 valence electrons. The number of aldehydes is 1. The van der Waals surface area contributed by atoms with Crippen LogP contribution < -0.4 is 5.32 Å². The van der Waals surface area contributed by atoms with Crippen molar-refractivity contribution in [2.75, 3.05) is 5.32 Å². The molecule has 0 amide bonds. The van der Waals surface area contributed by atoms with E-state index >= 15 is 0 Å². The Morgan fingerprint density at radius 1 is 1.50 bits per heavy atom. The summed E-state index contributed by atoms with van der Waals surface area (Å²) in [5.41, 5.74) is 1.01. The Balaban J connectivity index is 2.39. The van der Waals surface area contributed by atoms with Crippen molar-refractivity contribution >= 4 is 39.7 Å². The van der Waals surface area contributed by atoms with E-state index in [0.717, 1.165) is 16.9 Å². The molecule has 0 fully saturated rings. The lowest BCUT2D eigenvalue weighted by Gasteiger charge is -2.12. The normalized spacial score (nSPS) is 26.1. The number of rotatable bonds is 1. The minimum atomic E-state index is -0.656.